The van der Waals surface area contributed by atoms with E-state index in [0.717, 1.165) is 0 Å². The van der Waals surface area contributed by atoms with Crippen LogP contribution in [0.1, 0.15) is 30.6 Å². The van der Waals surface area contributed by atoms with Gasteiger partial charge in [0, 0.05) is 24.2 Å². The van der Waals surface area contributed by atoms with E-state index in [2.05, 4.69) is 10.6 Å². The molecule has 0 unspecified atom stereocenters. The maximum Gasteiger partial charge on any atom is 0.390 e. The highest BCUT2D eigenvalue weighted by Crippen LogP contribution is 2.37. The Balaban J connectivity index is 2.21. The molecule has 33 heavy (non-hydrogen) atoms. The van der Waals surface area contributed by atoms with Gasteiger partial charge in [0.2, 0.25) is 5.91 Å². The maximum atomic E-state index is 12.6. The van der Waals surface area contributed by atoms with Gasteiger partial charge in [-0.05, 0) is 33.0 Å². The lowest BCUT2D eigenvalue weighted by molar-refractivity contribution is -0.138. The van der Waals surface area contributed by atoms with E-state index < -0.39 is 18.5 Å². The van der Waals surface area contributed by atoms with E-state index in [1.807, 2.05) is 0 Å². The number of hydrogen-bond acceptors (Lipinski definition) is 5. The molecule has 0 heterocycles. The molecule has 0 radical (unpaired) electrons. The van der Waals surface area contributed by atoms with Gasteiger partial charge in [0.05, 0.1) is 37.6 Å². The SMILES string of the molecule is CCOc1cc(NC(=O)c2ccccc2)c(OCC)cc1NC(=O)CN(C)CCC(F)(F)F. The number of ether oxygens (including phenoxy) is 2. The number of halogens is 3. The molecule has 0 aliphatic rings. The molecule has 2 aromatic rings. The molecule has 2 N–H and O–H groups in total. The summed E-state index contributed by atoms with van der Waals surface area (Å²) < 4.78 is 48.5. The fourth-order valence-corrected chi connectivity index (χ4v) is 2.92. The third-order valence-corrected chi connectivity index (χ3v) is 4.43. The van der Waals surface area contributed by atoms with Crippen molar-refractivity contribution in [3.8, 4) is 11.5 Å². The number of carbonyl (C=O) groups is 2. The molecule has 2 aromatic carbocycles. The summed E-state index contributed by atoms with van der Waals surface area (Å²) in [5.41, 5.74) is 1.10. The van der Waals surface area contributed by atoms with Crippen molar-refractivity contribution in [3.63, 3.8) is 0 Å². The molecule has 7 nitrogen and oxygen atoms in total. The zero-order chi connectivity index (χ0) is 24.4. The Morgan fingerprint density at radius 1 is 0.939 bits per heavy atom. The first kappa shape index (κ1) is 26.0. The van der Waals surface area contributed by atoms with Gasteiger partial charge in [-0.3, -0.25) is 14.5 Å². The number of hydrogen-bond donors (Lipinski definition) is 2. The van der Waals surface area contributed by atoms with Crippen LogP contribution in [0.15, 0.2) is 42.5 Å². The Bertz CT molecular complexity index is 937. The Kier molecular flexibility index (Phi) is 9.53. The van der Waals surface area contributed by atoms with Gasteiger partial charge in [-0.2, -0.15) is 13.2 Å². The summed E-state index contributed by atoms with van der Waals surface area (Å²) in [6, 6.07) is 11.7. The van der Waals surface area contributed by atoms with E-state index in [0.29, 0.717) is 23.6 Å². The van der Waals surface area contributed by atoms with E-state index in [9.17, 15) is 22.8 Å². The van der Waals surface area contributed by atoms with E-state index in [1.54, 1.807) is 44.2 Å². The number of nitrogens with zero attached hydrogens (tertiary/aromatic N) is 1. The van der Waals surface area contributed by atoms with Crippen LogP contribution in [0.4, 0.5) is 24.5 Å². The summed E-state index contributed by atoms with van der Waals surface area (Å²) in [4.78, 5) is 26.3. The lowest BCUT2D eigenvalue weighted by Crippen LogP contribution is -2.32. The van der Waals surface area contributed by atoms with Crippen molar-refractivity contribution in [3.05, 3.63) is 48.0 Å². The minimum absolute atomic E-state index is 0.238. The summed E-state index contributed by atoms with van der Waals surface area (Å²) in [5.74, 6) is -0.257. The van der Waals surface area contributed by atoms with Crippen molar-refractivity contribution in [2.45, 2.75) is 26.4 Å². The molecule has 2 amide bonds. The highest BCUT2D eigenvalue weighted by molar-refractivity contribution is 6.05. The summed E-state index contributed by atoms with van der Waals surface area (Å²) in [7, 11) is 1.43. The molecule has 0 aliphatic heterocycles. The number of alkyl halides is 3. The second kappa shape index (κ2) is 12.1. The van der Waals surface area contributed by atoms with Gasteiger partial charge in [-0.25, -0.2) is 0 Å². The molecular formula is C23H28F3N3O4. The van der Waals surface area contributed by atoms with Crippen LogP contribution in [0, 0.1) is 0 Å². The van der Waals surface area contributed by atoms with Gasteiger partial charge in [0.25, 0.3) is 5.91 Å². The van der Waals surface area contributed by atoms with Crippen LogP contribution in [0.5, 0.6) is 11.5 Å². The predicted octanol–water partition coefficient (Wildman–Crippen LogP) is 4.56. The van der Waals surface area contributed by atoms with E-state index >= 15 is 0 Å². The van der Waals surface area contributed by atoms with Crippen LogP contribution in [0.25, 0.3) is 0 Å². The van der Waals surface area contributed by atoms with E-state index in [4.69, 9.17) is 9.47 Å². The number of likely N-dealkylation sites (N-methyl/N-ethyl adjacent to an activating group) is 1. The normalized spacial score (nSPS) is 11.2. The minimum atomic E-state index is -4.29. The van der Waals surface area contributed by atoms with Crippen molar-refractivity contribution in [2.24, 2.45) is 0 Å². The van der Waals surface area contributed by atoms with Crippen molar-refractivity contribution in [1.29, 1.82) is 0 Å². The Morgan fingerprint density at radius 3 is 2.00 bits per heavy atom. The van der Waals surface area contributed by atoms with Crippen LogP contribution in [-0.4, -0.2) is 56.2 Å². The summed E-state index contributed by atoms with van der Waals surface area (Å²) in [6.45, 7) is 3.58. The van der Waals surface area contributed by atoms with Gasteiger partial charge in [0.15, 0.2) is 0 Å². The molecule has 10 heteroatoms. The molecule has 0 saturated heterocycles. The van der Waals surface area contributed by atoms with Crippen LogP contribution >= 0.6 is 0 Å². The van der Waals surface area contributed by atoms with Gasteiger partial charge in [-0.1, -0.05) is 18.2 Å². The van der Waals surface area contributed by atoms with Crippen LogP contribution < -0.4 is 20.1 Å². The molecule has 0 aromatic heterocycles. The lowest BCUT2D eigenvalue weighted by Gasteiger charge is -2.20. The molecular weight excluding hydrogens is 439 g/mol. The number of nitrogens with one attached hydrogen (secondary N) is 2. The zero-order valence-corrected chi connectivity index (χ0v) is 18.8. The molecule has 0 atom stereocenters. The Labute approximate surface area is 190 Å². The van der Waals surface area contributed by atoms with E-state index in [1.165, 1.54) is 24.1 Å². The zero-order valence-electron chi connectivity index (χ0n) is 18.8. The minimum Gasteiger partial charge on any atom is -0.492 e. The summed E-state index contributed by atoms with van der Waals surface area (Å²) >= 11 is 0. The van der Waals surface area contributed by atoms with E-state index in [-0.39, 0.29) is 37.0 Å². The van der Waals surface area contributed by atoms with Crippen LogP contribution in [0.2, 0.25) is 0 Å². The summed E-state index contributed by atoms with van der Waals surface area (Å²) in [6.07, 6.45) is -5.30. The average Bonchev–Trinajstić information content (AvgIpc) is 2.75. The Morgan fingerprint density at radius 2 is 1.48 bits per heavy atom. The van der Waals surface area contributed by atoms with Crippen molar-refractivity contribution in [1.82, 2.24) is 4.90 Å². The first-order chi connectivity index (χ1) is 15.6. The number of amides is 2. The topological polar surface area (TPSA) is 79.9 Å². The highest BCUT2D eigenvalue weighted by Gasteiger charge is 2.27. The molecule has 0 spiro atoms. The van der Waals surface area contributed by atoms with Crippen LogP contribution in [0.3, 0.4) is 0 Å². The highest BCUT2D eigenvalue weighted by atomic mass is 19.4. The third-order valence-electron chi connectivity index (χ3n) is 4.43. The molecule has 2 rings (SSSR count). The Hall–Kier alpha value is -3.27. The second-order valence-corrected chi connectivity index (χ2v) is 7.18. The lowest BCUT2D eigenvalue weighted by atomic mass is 10.2. The predicted molar refractivity (Wildman–Crippen MR) is 120 cm³/mol. The third kappa shape index (κ3) is 8.64. The van der Waals surface area contributed by atoms with Crippen molar-refractivity contribution < 1.29 is 32.2 Å². The first-order valence-corrected chi connectivity index (χ1v) is 10.5. The number of anilines is 2. The molecule has 0 saturated carbocycles. The summed E-state index contributed by atoms with van der Waals surface area (Å²) in [5, 5.41) is 5.44. The largest absolute Gasteiger partial charge is 0.492 e. The maximum absolute atomic E-state index is 12.6. The molecule has 0 fully saturated rings. The molecule has 0 aliphatic carbocycles. The van der Waals surface area contributed by atoms with Crippen LogP contribution in [-0.2, 0) is 4.79 Å². The van der Waals surface area contributed by atoms with Gasteiger partial charge in [-0.15, -0.1) is 0 Å². The molecule has 0 bridgehead atoms. The van der Waals surface area contributed by atoms with Crippen molar-refractivity contribution in [2.75, 3.05) is 44.0 Å². The average molecular weight is 467 g/mol. The van der Waals surface area contributed by atoms with Crippen molar-refractivity contribution >= 4 is 23.2 Å². The van der Waals surface area contributed by atoms with Gasteiger partial charge < -0.3 is 20.1 Å². The van der Waals surface area contributed by atoms with Gasteiger partial charge in [0.1, 0.15) is 11.5 Å². The number of benzene rings is 2. The first-order valence-electron chi connectivity index (χ1n) is 10.5. The standard InChI is InChI=1S/C23H28F3N3O4/c1-4-32-19-14-18(28-22(31)16-9-7-6-8-10-16)20(33-5-2)13-17(19)27-21(30)15-29(3)12-11-23(24,25)26/h6-10,13-14H,4-5,11-12,15H2,1-3H3,(H,27,30)(H,28,31). The van der Waals surface area contributed by atoms with Gasteiger partial charge >= 0.3 is 6.18 Å². The fourth-order valence-electron chi connectivity index (χ4n) is 2.92. The number of carbonyl (C=O) groups excluding carboxylic acids is 2. The second-order valence-electron chi connectivity index (χ2n) is 7.18. The molecule has 180 valence electrons. The quantitative estimate of drug-likeness (QED) is 0.507. The smallest absolute Gasteiger partial charge is 0.390 e. The number of rotatable bonds is 11. The fraction of sp³-hybridized carbons (Fsp3) is 0.391. The monoisotopic (exact) mass is 467 g/mol.